The van der Waals surface area contributed by atoms with E-state index in [0.29, 0.717) is 18.3 Å². The first-order valence-corrected chi connectivity index (χ1v) is 20.9. The summed E-state index contributed by atoms with van der Waals surface area (Å²) in [6.45, 7) is 9.98. The van der Waals surface area contributed by atoms with Crippen LogP contribution in [0.5, 0.6) is 0 Å². The second kappa shape index (κ2) is 15.1. The minimum Gasteiger partial charge on any atom is -0.458 e. The smallest absolute Gasteiger partial charge is 0.331 e. The molecule has 312 valence electrons. The van der Waals surface area contributed by atoms with Crippen molar-refractivity contribution < 1.29 is 68.6 Å². The molecule has 8 rings (SSSR count). The summed E-state index contributed by atoms with van der Waals surface area (Å²) in [5, 5.41) is 66.3. The summed E-state index contributed by atoms with van der Waals surface area (Å²) in [6.07, 6.45) is -1.26. The Balaban J connectivity index is 0.834. The third kappa shape index (κ3) is 7.05. The molecule has 0 radical (unpaired) electrons. The van der Waals surface area contributed by atoms with Crippen molar-refractivity contribution in [3.8, 4) is 0 Å². The maximum Gasteiger partial charge on any atom is 0.331 e. The van der Waals surface area contributed by atoms with Crippen LogP contribution in [0.15, 0.2) is 11.6 Å². The molecule has 21 atom stereocenters. The molecule has 0 bridgehead atoms. The number of rotatable bonds is 7. The molecule has 4 aliphatic carbocycles. The van der Waals surface area contributed by atoms with Crippen LogP contribution in [0.3, 0.4) is 0 Å². The van der Waals surface area contributed by atoms with Crippen LogP contribution in [0.2, 0.25) is 0 Å². The monoisotopic (exact) mass is 780 g/mol. The van der Waals surface area contributed by atoms with Crippen LogP contribution >= 0.6 is 0 Å². The van der Waals surface area contributed by atoms with Crippen LogP contribution in [0.1, 0.15) is 105 Å². The zero-order valence-electron chi connectivity index (χ0n) is 32.9. The second-order valence-electron chi connectivity index (χ2n) is 18.9. The average Bonchev–Trinajstić information content (AvgIpc) is 3.62. The van der Waals surface area contributed by atoms with Gasteiger partial charge in [0.05, 0.1) is 54.4 Å². The Kier molecular flexibility index (Phi) is 11.1. The van der Waals surface area contributed by atoms with Gasteiger partial charge in [-0.3, -0.25) is 0 Å². The van der Waals surface area contributed by atoms with Gasteiger partial charge in [0, 0.05) is 43.1 Å². The van der Waals surface area contributed by atoms with Crippen molar-refractivity contribution in [2.75, 3.05) is 6.61 Å². The highest BCUT2D eigenvalue weighted by Crippen LogP contribution is 2.70. The van der Waals surface area contributed by atoms with E-state index in [-0.39, 0.29) is 55.2 Å². The zero-order valence-corrected chi connectivity index (χ0v) is 32.9. The molecular formula is C41H64O14. The van der Waals surface area contributed by atoms with Gasteiger partial charge < -0.3 is 63.8 Å². The molecule has 55 heavy (non-hydrogen) atoms. The van der Waals surface area contributed by atoms with Gasteiger partial charge in [-0.1, -0.05) is 13.8 Å². The van der Waals surface area contributed by atoms with E-state index in [2.05, 4.69) is 13.8 Å². The highest BCUT2D eigenvalue weighted by molar-refractivity contribution is 5.85. The molecule has 7 fully saturated rings. The van der Waals surface area contributed by atoms with Gasteiger partial charge in [-0.25, -0.2) is 4.79 Å². The van der Waals surface area contributed by atoms with Crippen LogP contribution < -0.4 is 0 Å². The standard InChI is InChI=1S/C41H64O14/c1-19-36(47)27(42)14-33(50-19)54-38-21(3)52-34(16-29(38)44)55-37-20(2)51-32(15-28(37)43)53-24-8-10-39(4)23(13-24)6-7-26-25(39)9-11-40(5)35(22-12-31(46)49-18-22)30(45)17-41(26,40)48/h12,19-21,23-30,32-38,42-45,47-48H,6-11,13-18H2,1-5H3/t19-,20+,21+,23+,24-,25-,26+,27+,28+,29+,30-,32-,33+,34-,35-,36-,37-,38-,39-,40+,41-/m0/s1. The Hall–Kier alpha value is -1.27. The number of aliphatic hydroxyl groups excluding tert-OH is 5. The lowest BCUT2D eigenvalue weighted by molar-refractivity contribution is -0.336. The van der Waals surface area contributed by atoms with Crippen LogP contribution in [0.25, 0.3) is 0 Å². The number of hydrogen-bond acceptors (Lipinski definition) is 14. The molecule has 0 unspecified atom stereocenters. The lowest BCUT2D eigenvalue weighted by atomic mass is 9.43. The van der Waals surface area contributed by atoms with E-state index in [1.165, 1.54) is 6.08 Å². The van der Waals surface area contributed by atoms with Gasteiger partial charge in [0.1, 0.15) is 24.9 Å². The van der Waals surface area contributed by atoms with Gasteiger partial charge in [-0.05, 0) is 94.5 Å². The Morgan fingerprint density at radius 3 is 1.87 bits per heavy atom. The Labute approximate surface area is 323 Å². The van der Waals surface area contributed by atoms with Crippen molar-refractivity contribution in [3.05, 3.63) is 11.6 Å². The van der Waals surface area contributed by atoms with Gasteiger partial charge in [-0.15, -0.1) is 0 Å². The second-order valence-corrected chi connectivity index (χ2v) is 18.9. The molecule has 0 spiro atoms. The van der Waals surface area contributed by atoms with Crippen molar-refractivity contribution >= 4 is 5.97 Å². The zero-order chi connectivity index (χ0) is 39.2. The van der Waals surface area contributed by atoms with Gasteiger partial charge in [0.2, 0.25) is 0 Å². The number of esters is 1. The summed E-state index contributed by atoms with van der Waals surface area (Å²) in [5.41, 5.74) is -0.686. The first-order chi connectivity index (χ1) is 26.0. The summed E-state index contributed by atoms with van der Waals surface area (Å²) < 4.78 is 42.1. The van der Waals surface area contributed by atoms with Gasteiger partial charge in [0.15, 0.2) is 18.9 Å². The molecule has 4 aliphatic heterocycles. The van der Waals surface area contributed by atoms with Crippen molar-refractivity contribution in [2.45, 2.75) is 197 Å². The summed E-state index contributed by atoms with van der Waals surface area (Å²) in [7, 11) is 0. The molecule has 0 aromatic heterocycles. The molecule has 14 nitrogen and oxygen atoms in total. The number of carbonyl (C=O) groups excluding carboxylic acids is 1. The maximum atomic E-state index is 12.6. The van der Waals surface area contributed by atoms with E-state index in [0.717, 1.165) is 50.5 Å². The van der Waals surface area contributed by atoms with E-state index in [1.807, 2.05) is 6.92 Å². The molecule has 8 aliphatic rings. The molecule has 0 aromatic carbocycles. The summed E-state index contributed by atoms with van der Waals surface area (Å²) in [4.78, 5) is 12.0. The van der Waals surface area contributed by atoms with Crippen LogP contribution in [0, 0.1) is 34.5 Å². The van der Waals surface area contributed by atoms with E-state index >= 15 is 0 Å². The molecule has 4 heterocycles. The maximum absolute atomic E-state index is 12.6. The number of carbonyl (C=O) groups is 1. The van der Waals surface area contributed by atoms with E-state index in [1.54, 1.807) is 13.8 Å². The number of ether oxygens (including phenoxy) is 7. The molecule has 0 amide bonds. The molecule has 4 saturated carbocycles. The average molecular weight is 781 g/mol. The van der Waals surface area contributed by atoms with Gasteiger partial charge >= 0.3 is 5.97 Å². The largest absolute Gasteiger partial charge is 0.458 e. The highest BCUT2D eigenvalue weighted by atomic mass is 16.7. The number of aliphatic hydroxyl groups is 6. The molecule has 3 saturated heterocycles. The fraction of sp³-hybridized carbons (Fsp3) is 0.927. The Bertz CT molecular complexity index is 1410. The minimum absolute atomic E-state index is 0.0203. The van der Waals surface area contributed by atoms with Gasteiger partial charge in [0.25, 0.3) is 0 Å². The number of fused-ring (bicyclic) bond motifs is 5. The fourth-order valence-corrected chi connectivity index (χ4v) is 12.9. The SMILES string of the molecule is C[C@@H]1O[C@H](O[C@@H]2[C@H](O)C[C@H](O[C@@H]3[C@H](O)C[C@H](O[C@H]4CC[C@@]5(C)[C@H](CC[C@@H]6[C@@H]5CC[C@]5(C)[C@@H](C7=CC(=O)OC7)[C@@H](O)C[C@]65O)C4)O[C@@H]3C)O[C@@H]2C)C[C@@H](O)[C@H]1O. The quantitative estimate of drug-likeness (QED) is 0.162. The summed E-state index contributed by atoms with van der Waals surface area (Å²) >= 11 is 0. The fourth-order valence-electron chi connectivity index (χ4n) is 12.9. The normalized spacial score (nSPS) is 55.5. The van der Waals surface area contributed by atoms with E-state index in [9.17, 15) is 35.4 Å². The van der Waals surface area contributed by atoms with Crippen molar-refractivity contribution in [1.82, 2.24) is 0 Å². The van der Waals surface area contributed by atoms with Crippen molar-refractivity contribution in [1.29, 1.82) is 0 Å². The Morgan fingerprint density at radius 1 is 0.691 bits per heavy atom. The third-order valence-electron chi connectivity index (χ3n) is 15.8. The third-order valence-corrected chi connectivity index (χ3v) is 15.8. The minimum atomic E-state index is -1.01. The van der Waals surface area contributed by atoms with Crippen LogP contribution in [-0.2, 0) is 38.0 Å². The number of cyclic esters (lactones) is 1. The molecule has 6 N–H and O–H groups in total. The predicted octanol–water partition coefficient (Wildman–Crippen LogP) is 2.22. The first-order valence-electron chi connectivity index (χ1n) is 20.9. The Morgan fingerprint density at radius 2 is 1.29 bits per heavy atom. The van der Waals surface area contributed by atoms with E-state index in [4.69, 9.17) is 33.2 Å². The lowest BCUT2D eigenvalue weighted by Gasteiger charge is -2.63. The van der Waals surface area contributed by atoms with Crippen LogP contribution in [-0.4, -0.2) is 135 Å². The number of hydrogen-bond donors (Lipinski definition) is 6. The highest BCUT2D eigenvalue weighted by Gasteiger charge is 2.70. The summed E-state index contributed by atoms with van der Waals surface area (Å²) in [6, 6.07) is 0. The van der Waals surface area contributed by atoms with E-state index < -0.39 is 90.9 Å². The predicted molar refractivity (Wildman–Crippen MR) is 193 cm³/mol. The molecule has 0 aromatic rings. The van der Waals surface area contributed by atoms with Gasteiger partial charge in [-0.2, -0.15) is 0 Å². The van der Waals surface area contributed by atoms with Crippen molar-refractivity contribution in [3.63, 3.8) is 0 Å². The molecular weight excluding hydrogens is 716 g/mol. The summed E-state index contributed by atoms with van der Waals surface area (Å²) in [5.74, 6) is 0.174. The topological polar surface area (TPSA) is 203 Å². The molecule has 14 heteroatoms. The lowest BCUT2D eigenvalue weighted by Crippen LogP contribution is -2.62. The first kappa shape index (κ1) is 40.5. The van der Waals surface area contributed by atoms with Crippen molar-refractivity contribution in [2.24, 2.45) is 34.5 Å². The van der Waals surface area contributed by atoms with Crippen LogP contribution in [0.4, 0.5) is 0 Å².